The van der Waals surface area contributed by atoms with Gasteiger partial charge in [-0.15, -0.1) is 11.8 Å². The van der Waals surface area contributed by atoms with E-state index in [4.69, 9.17) is 0 Å². The van der Waals surface area contributed by atoms with Crippen molar-refractivity contribution in [1.29, 1.82) is 0 Å². The Morgan fingerprint density at radius 1 is 1.25 bits per heavy atom. The molecule has 1 aromatic carbocycles. The first-order chi connectivity index (χ1) is 9.41. The fourth-order valence-corrected chi connectivity index (χ4v) is 5.47. The SMILES string of the molecule is CC(C)(O)CC(O)C1(Sc2ccccc2)CCSCC1. The molecular formula is C16H24O2S2. The van der Waals surface area contributed by atoms with Gasteiger partial charge in [-0.3, -0.25) is 0 Å². The molecule has 1 saturated heterocycles. The third kappa shape index (κ3) is 4.42. The van der Waals surface area contributed by atoms with E-state index in [0.717, 1.165) is 24.3 Å². The maximum atomic E-state index is 10.7. The highest BCUT2D eigenvalue weighted by Crippen LogP contribution is 2.46. The van der Waals surface area contributed by atoms with Gasteiger partial charge in [-0.2, -0.15) is 11.8 Å². The number of aliphatic hydroxyl groups excluding tert-OH is 1. The normalized spacial score (nSPS) is 20.6. The molecule has 0 aliphatic carbocycles. The monoisotopic (exact) mass is 312 g/mol. The van der Waals surface area contributed by atoms with Crippen molar-refractivity contribution >= 4 is 23.5 Å². The fourth-order valence-electron chi connectivity index (χ4n) is 2.60. The van der Waals surface area contributed by atoms with Gasteiger partial charge in [-0.25, -0.2) is 0 Å². The zero-order chi connectivity index (χ0) is 14.6. The third-order valence-electron chi connectivity index (χ3n) is 3.70. The second kappa shape index (κ2) is 6.73. The number of hydrogen-bond donors (Lipinski definition) is 2. The van der Waals surface area contributed by atoms with Crippen LogP contribution in [0.2, 0.25) is 0 Å². The predicted molar refractivity (Wildman–Crippen MR) is 88.5 cm³/mol. The Kier molecular flexibility index (Phi) is 5.46. The Balaban J connectivity index is 2.17. The first-order valence-electron chi connectivity index (χ1n) is 7.14. The zero-order valence-corrected chi connectivity index (χ0v) is 13.8. The van der Waals surface area contributed by atoms with E-state index in [1.54, 1.807) is 25.6 Å². The Labute approximate surface area is 130 Å². The lowest BCUT2D eigenvalue weighted by atomic mass is 9.87. The minimum Gasteiger partial charge on any atom is -0.392 e. The molecule has 1 aliphatic rings. The Morgan fingerprint density at radius 3 is 2.40 bits per heavy atom. The minimum absolute atomic E-state index is 0.160. The molecule has 1 heterocycles. The molecule has 1 unspecified atom stereocenters. The van der Waals surface area contributed by atoms with Gasteiger partial charge in [0, 0.05) is 16.1 Å². The molecular weight excluding hydrogens is 288 g/mol. The minimum atomic E-state index is -0.825. The van der Waals surface area contributed by atoms with Crippen molar-refractivity contribution in [3.8, 4) is 0 Å². The molecule has 4 heteroatoms. The highest BCUT2D eigenvalue weighted by Gasteiger charge is 2.42. The Bertz CT molecular complexity index is 408. The molecule has 0 aromatic heterocycles. The van der Waals surface area contributed by atoms with E-state index in [2.05, 4.69) is 12.1 Å². The van der Waals surface area contributed by atoms with Crippen LogP contribution in [0, 0.1) is 0 Å². The van der Waals surface area contributed by atoms with Gasteiger partial charge in [0.05, 0.1) is 11.7 Å². The molecule has 112 valence electrons. The van der Waals surface area contributed by atoms with Crippen LogP contribution in [0.25, 0.3) is 0 Å². The molecule has 2 N–H and O–H groups in total. The second-order valence-electron chi connectivity index (χ2n) is 6.12. The summed E-state index contributed by atoms with van der Waals surface area (Å²) in [6, 6.07) is 10.3. The average molecular weight is 313 g/mol. The van der Waals surface area contributed by atoms with E-state index in [9.17, 15) is 10.2 Å². The largest absolute Gasteiger partial charge is 0.392 e. The molecule has 1 fully saturated rings. The van der Waals surface area contributed by atoms with Crippen molar-refractivity contribution in [2.75, 3.05) is 11.5 Å². The second-order valence-corrected chi connectivity index (χ2v) is 8.84. The summed E-state index contributed by atoms with van der Waals surface area (Å²) < 4.78 is -0.160. The van der Waals surface area contributed by atoms with Crippen LogP contribution in [0.5, 0.6) is 0 Å². The highest BCUT2D eigenvalue weighted by atomic mass is 32.2. The lowest BCUT2D eigenvalue weighted by Crippen LogP contribution is -2.45. The van der Waals surface area contributed by atoms with Gasteiger partial charge < -0.3 is 10.2 Å². The quantitative estimate of drug-likeness (QED) is 0.872. The van der Waals surface area contributed by atoms with E-state index in [1.807, 2.05) is 30.0 Å². The summed E-state index contributed by atoms with van der Waals surface area (Å²) in [7, 11) is 0. The molecule has 0 spiro atoms. The summed E-state index contributed by atoms with van der Waals surface area (Å²) in [5.41, 5.74) is -0.825. The van der Waals surface area contributed by atoms with Gasteiger partial charge in [0.15, 0.2) is 0 Å². The number of aliphatic hydroxyl groups is 2. The molecule has 20 heavy (non-hydrogen) atoms. The molecule has 1 atom stereocenters. The van der Waals surface area contributed by atoms with Crippen LogP contribution >= 0.6 is 23.5 Å². The van der Waals surface area contributed by atoms with Gasteiger partial charge in [-0.1, -0.05) is 18.2 Å². The average Bonchev–Trinajstić information content (AvgIpc) is 2.39. The Hall–Kier alpha value is -0.160. The molecule has 0 saturated carbocycles. The number of rotatable bonds is 5. The van der Waals surface area contributed by atoms with Gasteiger partial charge in [0.2, 0.25) is 0 Å². The van der Waals surface area contributed by atoms with Gasteiger partial charge >= 0.3 is 0 Å². The molecule has 1 aromatic rings. The number of benzene rings is 1. The molecule has 1 aliphatic heterocycles. The summed E-state index contributed by atoms with van der Waals surface area (Å²) in [6.45, 7) is 3.55. The summed E-state index contributed by atoms with van der Waals surface area (Å²) in [6.07, 6.45) is 1.94. The van der Waals surface area contributed by atoms with Gasteiger partial charge in [-0.05, 0) is 50.3 Å². The first kappa shape index (κ1) is 16.2. The third-order valence-corrected chi connectivity index (χ3v) is 6.28. The molecule has 0 bridgehead atoms. The molecule has 2 rings (SSSR count). The molecule has 0 amide bonds. The van der Waals surface area contributed by atoms with Crippen LogP contribution in [-0.4, -0.2) is 38.2 Å². The highest BCUT2D eigenvalue weighted by molar-refractivity contribution is 8.01. The van der Waals surface area contributed by atoms with Crippen LogP contribution in [0.4, 0.5) is 0 Å². The van der Waals surface area contributed by atoms with Crippen molar-refractivity contribution in [3.05, 3.63) is 30.3 Å². The maximum absolute atomic E-state index is 10.7. The maximum Gasteiger partial charge on any atom is 0.0718 e. The van der Waals surface area contributed by atoms with Crippen LogP contribution in [0.3, 0.4) is 0 Å². The summed E-state index contributed by atoms with van der Waals surface area (Å²) >= 11 is 3.74. The zero-order valence-electron chi connectivity index (χ0n) is 12.2. The summed E-state index contributed by atoms with van der Waals surface area (Å²) in [4.78, 5) is 1.20. The van der Waals surface area contributed by atoms with Crippen molar-refractivity contribution in [2.45, 2.75) is 54.5 Å². The smallest absolute Gasteiger partial charge is 0.0718 e. The van der Waals surface area contributed by atoms with E-state index in [1.165, 1.54) is 4.90 Å². The predicted octanol–water partition coefficient (Wildman–Crippen LogP) is 3.57. The summed E-state index contributed by atoms with van der Waals surface area (Å²) in [5.74, 6) is 2.17. The lowest BCUT2D eigenvalue weighted by Gasteiger charge is -2.42. The molecule has 0 radical (unpaired) electrons. The molecule has 2 nitrogen and oxygen atoms in total. The summed E-state index contributed by atoms with van der Waals surface area (Å²) in [5, 5.41) is 20.8. The van der Waals surface area contributed by atoms with E-state index < -0.39 is 11.7 Å². The van der Waals surface area contributed by atoms with E-state index in [0.29, 0.717) is 6.42 Å². The van der Waals surface area contributed by atoms with Crippen molar-refractivity contribution in [1.82, 2.24) is 0 Å². The standard InChI is InChI=1S/C16H24O2S2/c1-15(2,18)12-14(17)16(8-10-19-11-9-16)20-13-6-4-3-5-7-13/h3-7,14,17-18H,8-12H2,1-2H3. The topological polar surface area (TPSA) is 40.5 Å². The van der Waals surface area contributed by atoms with E-state index >= 15 is 0 Å². The number of thioether (sulfide) groups is 2. The van der Waals surface area contributed by atoms with E-state index in [-0.39, 0.29) is 4.75 Å². The van der Waals surface area contributed by atoms with Gasteiger partial charge in [0.1, 0.15) is 0 Å². The fraction of sp³-hybridized carbons (Fsp3) is 0.625. The van der Waals surface area contributed by atoms with Crippen LogP contribution in [0.15, 0.2) is 35.2 Å². The van der Waals surface area contributed by atoms with Gasteiger partial charge in [0.25, 0.3) is 0 Å². The van der Waals surface area contributed by atoms with Crippen LogP contribution < -0.4 is 0 Å². The van der Waals surface area contributed by atoms with Crippen molar-refractivity contribution in [3.63, 3.8) is 0 Å². The number of hydrogen-bond acceptors (Lipinski definition) is 4. The Morgan fingerprint density at radius 2 is 1.85 bits per heavy atom. The van der Waals surface area contributed by atoms with Crippen molar-refractivity contribution in [2.24, 2.45) is 0 Å². The lowest BCUT2D eigenvalue weighted by molar-refractivity contribution is 0.00239. The first-order valence-corrected chi connectivity index (χ1v) is 9.11. The van der Waals surface area contributed by atoms with Crippen LogP contribution in [-0.2, 0) is 0 Å². The van der Waals surface area contributed by atoms with Crippen molar-refractivity contribution < 1.29 is 10.2 Å². The van der Waals surface area contributed by atoms with Crippen LogP contribution in [0.1, 0.15) is 33.1 Å².